The molecule has 0 radical (unpaired) electrons. The van der Waals surface area contributed by atoms with Crippen LogP contribution in [0.2, 0.25) is 0 Å². The smallest absolute Gasteiger partial charge is 0.0759 e. The van der Waals surface area contributed by atoms with Gasteiger partial charge in [0.15, 0.2) is 0 Å². The summed E-state index contributed by atoms with van der Waals surface area (Å²) >= 11 is 0. The van der Waals surface area contributed by atoms with E-state index in [4.69, 9.17) is 9.47 Å². The van der Waals surface area contributed by atoms with Gasteiger partial charge in [0.05, 0.1) is 12.7 Å². The zero-order chi connectivity index (χ0) is 10.2. The Hall–Kier alpha value is -0.380. The molecule has 1 heterocycles. The maximum atomic E-state index is 5.52. The van der Waals surface area contributed by atoms with Gasteiger partial charge in [0.25, 0.3) is 0 Å². The van der Waals surface area contributed by atoms with Crippen LogP contribution in [0.5, 0.6) is 0 Å². The average molecular weight is 199 g/mol. The summed E-state index contributed by atoms with van der Waals surface area (Å²) in [5.74, 6) is 0. The lowest BCUT2D eigenvalue weighted by Gasteiger charge is -2.07. The standard InChI is InChI=1S/C11H21NO2/c1-10(9-12-5-7-13-2)8-11-4-3-6-14-11/h8,11-12H,3-7,9H2,1-2H3. The SMILES string of the molecule is COCCNCC(C)=CC1CCCO1. The molecule has 1 saturated heterocycles. The van der Waals surface area contributed by atoms with Gasteiger partial charge in [0, 0.05) is 26.8 Å². The first-order chi connectivity index (χ1) is 6.83. The molecule has 0 aliphatic carbocycles. The lowest BCUT2D eigenvalue weighted by atomic mass is 10.1. The summed E-state index contributed by atoms with van der Waals surface area (Å²) in [5.41, 5.74) is 1.35. The molecule has 1 aliphatic rings. The number of hydrogen-bond donors (Lipinski definition) is 1. The number of nitrogens with one attached hydrogen (secondary N) is 1. The molecule has 3 nitrogen and oxygen atoms in total. The molecule has 1 N–H and O–H groups in total. The van der Waals surface area contributed by atoms with E-state index in [1.165, 1.54) is 18.4 Å². The normalized spacial score (nSPS) is 23.0. The van der Waals surface area contributed by atoms with E-state index in [0.717, 1.165) is 26.3 Å². The first kappa shape index (κ1) is 11.7. The highest BCUT2D eigenvalue weighted by atomic mass is 16.5. The van der Waals surface area contributed by atoms with Gasteiger partial charge in [-0.3, -0.25) is 0 Å². The lowest BCUT2D eigenvalue weighted by molar-refractivity contribution is 0.145. The van der Waals surface area contributed by atoms with Gasteiger partial charge in [0.1, 0.15) is 0 Å². The van der Waals surface area contributed by atoms with Gasteiger partial charge in [-0.25, -0.2) is 0 Å². The Bertz CT molecular complexity index is 174. The van der Waals surface area contributed by atoms with Crippen molar-refractivity contribution >= 4 is 0 Å². The molecule has 0 aromatic carbocycles. The number of ether oxygens (including phenoxy) is 2. The Morgan fingerprint density at radius 1 is 1.64 bits per heavy atom. The van der Waals surface area contributed by atoms with E-state index in [9.17, 15) is 0 Å². The molecule has 1 unspecified atom stereocenters. The van der Waals surface area contributed by atoms with Gasteiger partial charge in [-0.1, -0.05) is 11.6 Å². The second kappa shape index (κ2) is 6.98. The van der Waals surface area contributed by atoms with Crippen LogP contribution < -0.4 is 5.32 Å². The molecular formula is C11H21NO2. The van der Waals surface area contributed by atoms with Crippen LogP contribution in [-0.2, 0) is 9.47 Å². The Labute approximate surface area is 86.5 Å². The van der Waals surface area contributed by atoms with E-state index < -0.39 is 0 Å². The van der Waals surface area contributed by atoms with Crippen LogP contribution in [0.15, 0.2) is 11.6 Å². The van der Waals surface area contributed by atoms with Crippen LogP contribution in [0.1, 0.15) is 19.8 Å². The minimum absolute atomic E-state index is 0.360. The average Bonchev–Trinajstić information content (AvgIpc) is 2.65. The molecule has 1 fully saturated rings. The third kappa shape index (κ3) is 4.74. The predicted molar refractivity (Wildman–Crippen MR) is 57.5 cm³/mol. The number of hydrogen-bond acceptors (Lipinski definition) is 3. The van der Waals surface area contributed by atoms with Gasteiger partial charge >= 0.3 is 0 Å². The minimum Gasteiger partial charge on any atom is -0.383 e. The van der Waals surface area contributed by atoms with Crippen molar-refractivity contribution < 1.29 is 9.47 Å². The van der Waals surface area contributed by atoms with Crippen LogP contribution in [0.4, 0.5) is 0 Å². The van der Waals surface area contributed by atoms with Crippen LogP contribution in [0.3, 0.4) is 0 Å². The monoisotopic (exact) mass is 199 g/mol. The van der Waals surface area contributed by atoms with E-state index in [2.05, 4.69) is 18.3 Å². The predicted octanol–water partition coefficient (Wildman–Crippen LogP) is 1.35. The minimum atomic E-state index is 0.360. The van der Waals surface area contributed by atoms with E-state index >= 15 is 0 Å². The van der Waals surface area contributed by atoms with Gasteiger partial charge in [0.2, 0.25) is 0 Å². The highest BCUT2D eigenvalue weighted by molar-refractivity contribution is 5.04. The molecule has 3 heteroatoms. The summed E-state index contributed by atoms with van der Waals surface area (Å²) in [7, 11) is 1.72. The molecule has 0 aromatic rings. The molecule has 82 valence electrons. The second-order valence-electron chi connectivity index (χ2n) is 3.73. The number of rotatable bonds is 6. The Morgan fingerprint density at radius 3 is 3.14 bits per heavy atom. The first-order valence-electron chi connectivity index (χ1n) is 5.31. The van der Waals surface area contributed by atoms with E-state index in [1.807, 2.05) is 0 Å². The zero-order valence-electron chi connectivity index (χ0n) is 9.21. The summed E-state index contributed by atoms with van der Waals surface area (Å²) in [5, 5.41) is 3.31. The van der Waals surface area contributed by atoms with Crippen molar-refractivity contribution in [1.29, 1.82) is 0 Å². The van der Waals surface area contributed by atoms with Crippen LogP contribution in [0.25, 0.3) is 0 Å². The largest absolute Gasteiger partial charge is 0.383 e. The third-order valence-electron chi connectivity index (χ3n) is 2.32. The van der Waals surface area contributed by atoms with Crippen molar-refractivity contribution in [2.24, 2.45) is 0 Å². The summed E-state index contributed by atoms with van der Waals surface area (Å²) in [6.45, 7) is 5.68. The second-order valence-corrected chi connectivity index (χ2v) is 3.73. The molecule has 1 aliphatic heterocycles. The Morgan fingerprint density at radius 2 is 2.50 bits per heavy atom. The van der Waals surface area contributed by atoms with Gasteiger partial charge in [-0.05, 0) is 19.8 Å². The molecule has 0 amide bonds. The summed E-state index contributed by atoms with van der Waals surface area (Å²) in [6.07, 6.45) is 4.97. The highest BCUT2D eigenvalue weighted by Gasteiger charge is 2.12. The molecule has 1 rings (SSSR count). The van der Waals surface area contributed by atoms with Crippen LogP contribution in [-0.4, -0.2) is 39.5 Å². The van der Waals surface area contributed by atoms with Crippen LogP contribution >= 0.6 is 0 Å². The van der Waals surface area contributed by atoms with Crippen molar-refractivity contribution in [3.8, 4) is 0 Å². The Kier molecular flexibility index (Phi) is 5.83. The van der Waals surface area contributed by atoms with E-state index in [-0.39, 0.29) is 0 Å². The van der Waals surface area contributed by atoms with Crippen molar-refractivity contribution in [2.75, 3.05) is 33.4 Å². The molecule has 0 aromatic heterocycles. The quantitative estimate of drug-likeness (QED) is 0.517. The molecule has 0 spiro atoms. The fourth-order valence-electron chi connectivity index (χ4n) is 1.57. The van der Waals surface area contributed by atoms with Crippen LogP contribution in [0, 0.1) is 0 Å². The lowest BCUT2D eigenvalue weighted by Crippen LogP contribution is -2.21. The van der Waals surface area contributed by atoms with Crippen molar-refractivity contribution in [3.63, 3.8) is 0 Å². The Balaban J connectivity index is 2.09. The first-order valence-corrected chi connectivity index (χ1v) is 5.31. The maximum absolute atomic E-state index is 5.52. The molecule has 14 heavy (non-hydrogen) atoms. The zero-order valence-corrected chi connectivity index (χ0v) is 9.21. The fraction of sp³-hybridized carbons (Fsp3) is 0.818. The van der Waals surface area contributed by atoms with Crippen molar-refractivity contribution in [3.05, 3.63) is 11.6 Å². The third-order valence-corrected chi connectivity index (χ3v) is 2.32. The van der Waals surface area contributed by atoms with E-state index in [0.29, 0.717) is 6.10 Å². The van der Waals surface area contributed by atoms with Gasteiger partial charge in [-0.15, -0.1) is 0 Å². The van der Waals surface area contributed by atoms with Gasteiger partial charge < -0.3 is 14.8 Å². The summed E-state index contributed by atoms with van der Waals surface area (Å²) in [4.78, 5) is 0. The van der Waals surface area contributed by atoms with Crippen molar-refractivity contribution in [1.82, 2.24) is 5.32 Å². The molecule has 0 saturated carbocycles. The summed E-state index contributed by atoms with van der Waals surface area (Å²) in [6, 6.07) is 0. The maximum Gasteiger partial charge on any atom is 0.0759 e. The number of methoxy groups -OCH3 is 1. The van der Waals surface area contributed by atoms with Gasteiger partial charge in [-0.2, -0.15) is 0 Å². The molecule has 0 bridgehead atoms. The van der Waals surface area contributed by atoms with Crippen molar-refractivity contribution in [2.45, 2.75) is 25.9 Å². The topological polar surface area (TPSA) is 30.5 Å². The molecule has 1 atom stereocenters. The van der Waals surface area contributed by atoms with E-state index in [1.54, 1.807) is 7.11 Å². The summed E-state index contributed by atoms with van der Waals surface area (Å²) < 4.78 is 10.5. The highest BCUT2D eigenvalue weighted by Crippen LogP contribution is 2.14. The fourth-order valence-corrected chi connectivity index (χ4v) is 1.57. The molecular weight excluding hydrogens is 178 g/mol.